The zero-order valence-corrected chi connectivity index (χ0v) is 23.8. The zero-order valence-electron chi connectivity index (χ0n) is 20.6. The Labute approximate surface area is 232 Å². The number of hydrogen-bond donors (Lipinski definition) is 0. The number of carbonyl (C=O) groups excluding carboxylic acids is 1. The molecule has 0 fully saturated rings. The number of fused-ring (bicyclic) bond motifs is 1. The van der Waals surface area contributed by atoms with Gasteiger partial charge in [-0.2, -0.15) is 0 Å². The Balaban J connectivity index is 1.95. The van der Waals surface area contributed by atoms with Crippen LogP contribution >= 0.6 is 38.9 Å². The van der Waals surface area contributed by atoms with Crippen molar-refractivity contribution >= 4 is 50.9 Å². The Hall–Kier alpha value is -3.12. The smallest absolute Gasteiger partial charge is 0.271 e. The molecule has 0 aliphatic carbocycles. The van der Waals surface area contributed by atoms with Crippen LogP contribution in [0.3, 0.4) is 0 Å². The molecule has 3 aromatic rings. The predicted octanol–water partition coefficient (Wildman–Crippen LogP) is 4.53. The van der Waals surface area contributed by atoms with Gasteiger partial charge in [0, 0.05) is 28.1 Å². The number of ether oxygens (including phenoxy) is 1. The minimum Gasteiger partial charge on any atom is -0.480 e. The van der Waals surface area contributed by atoms with Crippen molar-refractivity contribution in [3.63, 3.8) is 0 Å². The summed E-state index contributed by atoms with van der Waals surface area (Å²) < 4.78 is 8.59. The molecule has 0 bridgehead atoms. The number of carbonyl (C=O) groups is 1. The Morgan fingerprint density at radius 3 is 2.62 bits per heavy atom. The molecule has 0 saturated heterocycles. The summed E-state index contributed by atoms with van der Waals surface area (Å²) in [7, 11) is 0. The number of likely N-dealkylation sites (N-methyl/N-ethyl adjacent to an activating group) is 1. The molecule has 0 radical (unpaired) electrons. The second-order valence-electron chi connectivity index (χ2n) is 8.29. The standard InChI is InChI=1S/C28H25BrClN3O3S/c1-5-14-36-22-13-10-20(29)15-19(22)16-23-26(34)33-25(18-8-11-21(30)12-9-18)24(17(4)31-28(33)37-23)27(35)32(6-2)7-3/h1,8-13,15-16,25H,6-7,14H2,2-4H3/b23-16+/t25-/m1/s1. The van der Waals surface area contributed by atoms with E-state index in [9.17, 15) is 9.59 Å². The van der Waals surface area contributed by atoms with Crippen LogP contribution in [0.2, 0.25) is 5.02 Å². The predicted molar refractivity (Wildman–Crippen MR) is 152 cm³/mol. The largest absolute Gasteiger partial charge is 0.480 e. The molecule has 0 spiro atoms. The van der Waals surface area contributed by atoms with Gasteiger partial charge in [0.05, 0.1) is 21.8 Å². The lowest BCUT2D eigenvalue weighted by molar-refractivity contribution is -0.127. The summed E-state index contributed by atoms with van der Waals surface area (Å²) in [5, 5.41) is 0.572. The molecule has 1 atom stereocenters. The Morgan fingerprint density at radius 2 is 1.97 bits per heavy atom. The highest BCUT2D eigenvalue weighted by atomic mass is 79.9. The summed E-state index contributed by atoms with van der Waals surface area (Å²) in [6, 6.07) is 12.1. The van der Waals surface area contributed by atoms with Gasteiger partial charge >= 0.3 is 0 Å². The van der Waals surface area contributed by atoms with Crippen molar-refractivity contribution < 1.29 is 9.53 Å². The fourth-order valence-corrected chi connectivity index (χ4v) is 5.80. The summed E-state index contributed by atoms with van der Waals surface area (Å²) >= 11 is 10.9. The van der Waals surface area contributed by atoms with Crippen LogP contribution in [0.25, 0.3) is 6.08 Å². The molecular formula is C28H25BrClN3O3S. The minimum atomic E-state index is -0.636. The van der Waals surface area contributed by atoms with Crippen LogP contribution in [-0.4, -0.2) is 35.1 Å². The number of aromatic nitrogens is 1. The number of terminal acetylenes is 1. The van der Waals surface area contributed by atoms with Gasteiger partial charge < -0.3 is 9.64 Å². The van der Waals surface area contributed by atoms with Crippen LogP contribution in [0, 0.1) is 12.3 Å². The second kappa shape index (κ2) is 11.5. The van der Waals surface area contributed by atoms with Gasteiger partial charge in [0.1, 0.15) is 12.4 Å². The average molecular weight is 599 g/mol. The molecular weight excluding hydrogens is 574 g/mol. The number of allylic oxidation sites excluding steroid dienone is 1. The second-order valence-corrected chi connectivity index (χ2v) is 10.6. The first-order valence-electron chi connectivity index (χ1n) is 11.7. The van der Waals surface area contributed by atoms with Crippen LogP contribution in [0.1, 0.15) is 37.9 Å². The van der Waals surface area contributed by atoms with E-state index in [1.165, 1.54) is 11.3 Å². The van der Waals surface area contributed by atoms with Crippen LogP contribution in [0.5, 0.6) is 5.75 Å². The summed E-state index contributed by atoms with van der Waals surface area (Å²) in [6.07, 6.45) is 7.14. The van der Waals surface area contributed by atoms with Gasteiger partial charge in [0.25, 0.3) is 11.5 Å². The minimum absolute atomic E-state index is 0.107. The fourth-order valence-electron chi connectivity index (χ4n) is 4.26. The third-order valence-electron chi connectivity index (χ3n) is 6.06. The zero-order chi connectivity index (χ0) is 26.7. The molecule has 0 unspecified atom stereocenters. The van der Waals surface area contributed by atoms with Crippen molar-refractivity contribution in [2.24, 2.45) is 4.99 Å². The van der Waals surface area contributed by atoms with Crippen molar-refractivity contribution in [3.8, 4) is 18.1 Å². The summed E-state index contributed by atoms with van der Waals surface area (Å²) in [6.45, 7) is 6.89. The van der Waals surface area contributed by atoms with Crippen molar-refractivity contribution in [1.29, 1.82) is 0 Å². The average Bonchev–Trinajstić information content (AvgIpc) is 3.18. The van der Waals surface area contributed by atoms with E-state index >= 15 is 0 Å². The van der Waals surface area contributed by atoms with E-state index in [0.29, 0.717) is 50.0 Å². The van der Waals surface area contributed by atoms with E-state index in [1.807, 2.05) is 45.0 Å². The molecule has 1 aliphatic heterocycles. The van der Waals surface area contributed by atoms with E-state index in [-0.39, 0.29) is 18.1 Å². The monoisotopic (exact) mass is 597 g/mol. The number of amides is 1. The van der Waals surface area contributed by atoms with Crippen LogP contribution in [-0.2, 0) is 4.79 Å². The lowest BCUT2D eigenvalue weighted by atomic mass is 9.94. The van der Waals surface area contributed by atoms with E-state index < -0.39 is 6.04 Å². The van der Waals surface area contributed by atoms with Gasteiger partial charge in [0.15, 0.2) is 4.80 Å². The number of nitrogens with zero attached hydrogens (tertiary/aromatic N) is 3. The maximum absolute atomic E-state index is 13.9. The number of halogens is 2. The SMILES string of the molecule is C#CCOc1ccc(Br)cc1/C=c1/sc2n(c1=O)[C@H](c1ccc(Cl)cc1)C(C(=O)N(CC)CC)=C(C)N=2. The molecule has 2 heterocycles. The third kappa shape index (κ3) is 5.45. The highest BCUT2D eigenvalue weighted by molar-refractivity contribution is 9.10. The van der Waals surface area contributed by atoms with E-state index in [2.05, 4.69) is 21.9 Å². The molecule has 9 heteroatoms. The van der Waals surface area contributed by atoms with Crippen LogP contribution in [0.15, 0.2) is 68.0 Å². The molecule has 1 amide bonds. The molecule has 37 heavy (non-hydrogen) atoms. The molecule has 190 valence electrons. The summed E-state index contributed by atoms with van der Waals surface area (Å²) in [4.78, 5) is 34.5. The number of thiazole rings is 1. The molecule has 4 rings (SSSR count). The lowest BCUT2D eigenvalue weighted by Crippen LogP contribution is -2.43. The number of benzene rings is 2. The van der Waals surface area contributed by atoms with Crippen molar-refractivity contribution in [3.05, 3.63) is 94.0 Å². The topological polar surface area (TPSA) is 63.9 Å². The van der Waals surface area contributed by atoms with Gasteiger partial charge in [-0.25, -0.2) is 4.99 Å². The Morgan fingerprint density at radius 1 is 1.27 bits per heavy atom. The van der Waals surface area contributed by atoms with Crippen LogP contribution < -0.4 is 19.6 Å². The van der Waals surface area contributed by atoms with Crippen LogP contribution in [0.4, 0.5) is 0 Å². The van der Waals surface area contributed by atoms with Gasteiger partial charge in [-0.15, -0.1) is 6.42 Å². The first-order chi connectivity index (χ1) is 17.8. The van der Waals surface area contributed by atoms with E-state index in [1.54, 1.807) is 33.7 Å². The van der Waals surface area contributed by atoms with Gasteiger partial charge in [-0.05, 0) is 62.7 Å². The van der Waals surface area contributed by atoms with Crippen molar-refractivity contribution in [1.82, 2.24) is 9.47 Å². The van der Waals surface area contributed by atoms with Gasteiger partial charge in [-0.1, -0.05) is 56.9 Å². The van der Waals surface area contributed by atoms with Gasteiger partial charge in [0.2, 0.25) is 0 Å². The normalized spacial score (nSPS) is 15.1. The Kier molecular flexibility index (Phi) is 8.38. The molecule has 0 N–H and O–H groups in total. The van der Waals surface area contributed by atoms with Crippen molar-refractivity contribution in [2.75, 3.05) is 19.7 Å². The first-order valence-corrected chi connectivity index (χ1v) is 13.7. The Bertz CT molecular complexity index is 1600. The van der Waals surface area contributed by atoms with E-state index in [0.717, 1.165) is 10.0 Å². The summed E-state index contributed by atoms with van der Waals surface area (Å²) in [5.41, 5.74) is 2.30. The lowest BCUT2D eigenvalue weighted by Gasteiger charge is -2.29. The fraction of sp³-hybridized carbons (Fsp3) is 0.250. The van der Waals surface area contributed by atoms with Crippen molar-refractivity contribution in [2.45, 2.75) is 26.8 Å². The van der Waals surface area contributed by atoms with Gasteiger partial charge in [-0.3, -0.25) is 14.2 Å². The number of hydrogen-bond acceptors (Lipinski definition) is 5. The molecule has 2 aromatic carbocycles. The summed E-state index contributed by atoms with van der Waals surface area (Å²) in [5.74, 6) is 2.89. The first kappa shape index (κ1) is 26.9. The maximum Gasteiger partial charge on any atom is 0.271 e. The molecule has 6 nitrogen and oxygen atoms in total. The van der Waals surface area contributed by atoms with E-state index in [4.69, 9.17) is 27.8 Å². The number of rotatable bonds is 7. The highest BCUT2D eigenvalue weighted by Gasteiger charge is 2.34. The maximum atomic E-state index is 13.9. The third-order valence-corrected chi connectivity index (χ3v) is 7.79. The molecule has 1 aromatic heterocycles. The molecule has 1 aliphatic rings. The highest BCUT2D eigenvalue weighted by Crippen LogP contribution is 2.32. The molecule has 0 saturated carbocycles. The quantitative estimate of drug-likeness (QED) is 0.376.